The van der Waals surface area contributed by atoms with E-state index in [1.165, 1.54) is 0 Å². The summed E-state index contributed by atoms with van der Waals surface area (Å²) in [6.07, 6.45) is 7.56. The number of aliphatic hydroxyl groups is 1. The van der Waals surface area contributed by atoms with Crippen LogP contribution < -0.4 is 5.32 Å². The topological polar surface area (TPSA) is 70.4 Å². The lowest BCUT2D eigenvalue weighted by Gasteiger charge is -2.35. The summed E-state index contributed by atoms with van der Waals surface area (Å²) in [6.45, 7) is 4.48. The standard InChI is InChI=1S/C15H26N4O2/c1-13(12-18-8-4-7-17-18)11-16-15(21)19-9-3-2-5-14(19)6-10-20/h4,7-8,13-14,20H,2-3,5-6,9-12H2,1H3,(H,16,21). The van der Waals surface area contributed by atoms with E-state index in [0.717, 1.165) is 32.4 Å². The molecule has 0 aliphatic carbocycles. The van der Waals surface area contributed by atoms with Crippen molar-refractivity contribution in [3.05, 3.63) is 18.5 Å². The largest absolute Gasteiger partial charge is 0.396 e. The minimum atomic E-state index is 0.000431. The van der Waals surface area contributed by atoms with Crippen LogP contribution in [-0.2, 0) is 6.54 Å². The molecule has 2 unspecified atom stereocenters. The molecule has 2 N–H and O–H groups in total. The summed E-state index contributed by atoms with van der Waals surface area (Å²) in [6, 6.07) is 2.09. The van der Waals surface area contributed by atoms with E-state index in [9.17, 15) is 4.79 Å². The van der Waals surface area contributed by atoms with E-state index in [4.69, 9.17) is 5.11 Å². The SMILES string of the molecule is CC(CNC(=O)N1CCCCC1CCO)Cn1cccn1. The van der Waals surface area contributed by atoms with E-state index in [-0.39, 0.29) is 18.7 Å². The zero-order valence-electron chi connectivity index (χ0n) is 12.7. The molecule has 1 aliphatic heterocycles. The third-order valence-corrected chi connectivity index (χ3v) is 4.01. The van der Waals surface area contributed by atoms with E-state index in [1.54, 1.807) is 6.20 Å². The smallest absolute Gasteiger partial charge is 0.317 e. The van der Waals surface area contributed by atoms with Gasteiger partial charge in [0.25, 0.3) is 0 Å². The molecule has 2 atom stereocenters. The summed E-state index contributed by atoms with van der Waals surface area (Å²) in [5.74, 6) is 0.329. The Morgan fingerprint density at radius 2 is 2.38 bits per heavy atom. The molecule has 0 radical (unpaired) electrons. The van der Waals surface area contributed by atoms with Crippen LogP contribution in [0.4, 0.5) is 4.79 Å². The number of nitrogens with one attached hydrogen (secondary N) is 1. The van der Waals surface area contributed by atoms with Crippen LogP contribution >= 0.6 is 0 Å². The number of urea groups is 1. The maximum Gasteiger partial charge on any atom is 0.317 e. The summed E-state index contributed by atoms with van der Waals surface area (Å²) in [5, 5.41) is 16.3. The van der Waals surface area contributed by atoms with Gasteiger partial charge in [0.05, 0.1) is 0 Å². The molecule has 6 heteroatoms. The zero-order valence-corrected chi connectivity index (χ0v) is 12.7. The molecule has 1 aliphatic rings. The number of hydrogen-bond acceptors (Lipinski definition) is 3. The second-order valence-electron chi connectivity index (χ2n) is 5.87. The lowest BCUT2D eigenvalue weighted by Crippen LogP contribution is -2.49. The molecule has 2 heterocycles. The lowest BCUT2D eigenvalue weighted by atomic mass is 10.00. The van der Waals surface area contributed by atoms with E-state index >= 15 is 0 Å². The van der Waals surface area contributed by atoms with Crippen molar-refractivity contribution in [2.24, 2.45) is 5.92 Å². The molecule has 1 saturated heterocycles. The van der Waals surface area contributed by atoms with Gasteiger partial charge in [0.1, 0.15) is 0 Å². The molecule has 1 aromatic heterocycles. The summed E-state index contributed by atoms with van der Waals surface area (Å²) in [7, 11) is 0. The predicted molar refractivity (Wildman–Crippen MR) is 80.8 cm³/mol. The lowest BCUT2D eigenvalue weighted by molar-refractivity contribution is 0.131. The Labute approximate surface area is 126 Å². The molecule has 0 aromatic carbocycles. The molecule has 1 fully saturated rings. The number of aromatic nitrogens is 2. The molecule has 6 nitrogen and oxygen atoms in total. The quantitative estimate of drug-likeness (QED) is 0.834. The Balaban J connectivity index is 1.77. The number of nitrogens with zero attached hydrogens (tertiary/aromatic N) is 3. The van der Waals surface area contributed by atoms with Crippen LogP contribution in [0.25, 0.3) is 0 Å². The van der Waals surface area contributed by atoms with Crippen LogP contribution in [0.15, 0.2) is 18.5 Å². The first-order valence-corrected chi connectivity index (χ1v) is 7.83. The minimum absolute atomic E-state index is 0.000431. The van der Waals surface area contributed by atoms with Gasteiger partial charge in [-0.1, -0.05) is 6.92 Å². The van der Waals surface area contributed by atoms with Crippen molar-refractivity contribution in [2.75, 3.05) is 19.7 Å². The van der Waals surface area contributed by atoms with Gasteiger partial charge in [-0.3, -0.25) is 4.68 Å². The van der Waals surface area contributed by atoms with E-state index < -0.39 is 0 Å². The van der Waals surface area contributed by atoms with Gasteiger partial charge >= 0.3 is 6.03 Å². The molecule has 0 bridgehead atoms. The molecular weight excluding hydrogens is 268 g/mol. The minimum Gasteiger partial charge on any atom is -0.396 e. The van der Waals surface area contributed by atoms with Crippen LogP contribution in [0.2, 0.25) is 0 Å². The van der Waals surface area contributed by atoms with E-state index in [1.807, 2.05) is 21.8 Å². The molecular formula is C15H26N4O2. The number of likely N-dealkylation sites (tertiary alicyclic amines) is 1. The first kappa shape index (κ1) is 15.8. The van der Waals surface area contributed by atoms with Crippen molar-refractivity contribution < 1.29 is 9.90 Å². The Kier molecular flexibility index (Phi) is 6.04. The molecule has 0 spiro atoms. The van der Waals surface area contributed by atoms with Gasteiger partial charge in [-0.05, 0) is 37.7 Å². The highest BCUT2D eigenvalue weighted by atomic mass is 16.3. The molecule has 118 valence electrons. The molecule has 2 rings (SSSR count). The third-order valence-electron chi connectivity index (χ3n) is 4.01. The first-order chi connectivity index (χ1) is 10.2. The fourth-order valence-corrected chi connectivity index (χ4v) is 2.87. The van der Waals surface area contributed by atoms with Gasteiger partial charge in [-0.25, -0.2) is 4.79 Å². The van der Waals surface area contributed by atoms with Gasteiger partial charge in [0.2, 0.25) is 0 Å². The van der Waals surface area contributed by atoms with Crippen molar-refractivity contribution >= 4 is 6.03 Å². The number of hydrogen-bond donors (Lipinski definition) is 2. The highest BCUT2D eigenvalue weighted by Crippen LogP contribution is 2.19. The van der Waals surface area contributed by atoms with Crippen molar-refractivity contribution in [1.29, 1.82) is 0 Å². The molecule has 0 saturated carbocycles. The van der Waals surface area contributed by atoms with Gasteiger partial charge in [0.15, 0.2) is 0 Å². The van der Waals surface area contributed by atoms with Gasteiger partial charge in [0, 0.05) is 44.7 Å². The number of carbonyl (C=O) groups is 1. The Morgan fingerprint density at radius 3 is 3.10 bits per heavy atom. The fourth-order valence-electron chi connectivity index (χ4n) is 2.87. The van der Waals surface area contributed by atoms with Crippen LogP contribution in [0.3, 0.4) is 0 Å². The van der Waals surface area contributed by atoms with Crippen molar-refractivity contribution in [3.63, 3.8) is 0 Å². The summed E-state index contributed by atoms with van der Waals surface area (Å²) in [4.78, 5) is 14.2. The van der Waals surface area contributed by atoms with E-state index in [2.05, 4.69) is 17.3 Å². The van der Waals surface area contributed by atoms with E-state index in [0.29, 0.717) is 18.9 Å². The third kappa shape index (κ3) is 4.74. The second-order valence-corrected chi connectivity index (χ2v) is 5.87. The second kappa shape index (κ2) is 8.02. The van der Waals surface area contributed by atoms with Crippen molar-refractivity contribution in [3.8, 4) is 0 Å². The summed E-state index contributed by atoms with van der Waals surface area (Å²) in [5.41, 5.74) is 0. The zero-order chi connectivity index (χ0) is 15.1. The van der Waals surface area contributed by atoms with Gasteiger partial charge < -0.3 is 15.3 Å². The maximum atomic E-state index is 12.3. The number of rotatable bonds is 6. The average Bonchev–Trinajstić information content (AvgIpc) is 2.98. The van der Waals surface area contributed by atoms with Crippen LogP contribution in [0, 0.1) is 5.92 Å². The van der Waals surface area contributed by atoms with Crippen LogP contribution in [0.5, 0.6) is 0 Å². The summed E-state index contributed by atoms with van der Waals surface area (Å²) >= 11 is 0. The summed E-state index contributed by atoms with van der Waals surface area (Å²) < 4.78 is 1.88. The predicted octanol–water partition coefficient (Wildman–Crippen LogP) is 1.47. The molecule has 2 amide bonds. The van der Waals surface area contributed by atoms with Gasteiger partial charge in [-0.15, -0.1) is 0 Å². The number of piperidine rings is 1. The number of carbonyl (C=O) groups excluding carboxylic acids is 1. The first-order valence-electron chi connectivity index (χ1n) is 7.83. The fraction of sp³-hybridized carbons (Fsp3) is 0.733. The molecule has 1 aromatic rings. The number of aliphatic hydroxyl groups excluding tert-OH is 1. The normalized spacial score (nSPS) is 20.3. The highest BCUT2D eigenvalue weighted by Gasteiger charge is 2.26. The Hall–Kier alpha value is -1.56. The van der Waals surface area contributed by atoms with Crippen molar-refractivity contribution in [1.82, 2.24) is 20.0 Å². The monoisotopic (exact) mass is 294 g/mol. The maximum absolute atomic E-state index is 12.3. The number of amides is 2. The van der Waals surface area contributed by atoms with Crippen molar-refractivity contribution in [2.45, 2.75) is 45.2 Å². The Bertz CT molecular complexity index is 419. The Morgan fingerprint density at radius 1 is 1.52 bits per heavy atom. The molecule has 21 heavy (non-hydrogen) atoms. The van der Waals surface area contributed by atoms with Crippen LogP contribution in [-0.4, -0.2) is 51.6 Å². The van der Waals surface area contributed by atoms with Crippen LogP contribution in [0.1, 0.15) is 32.6 Å². The van der Waals surface area contributed by atoms with Gasteiger partial charge in [-0.2, -0.15) is 5.10 Å². The highest BCUT2D eigenvalue weighted by molar-refractivity contribution is 5.74. The average molecular weight is 294 g/mol.